The Morgan fingerprint density at radius 3 is 2.74 bits per heavy atom. The van der Waals surface area contributed by atoms with Crippen molar-refractivity contribution in [1.82, 2.24) is 9.88 Å². The summed E-state index contributed by atoms with van der Waals surface area (Å²) in [7, 11) is 2.13. The number of nitrogens with zero attached hydrogens (tertiary/aromatic N) is 3. The van der Waals surface area contributed by atoms with Gasteiger partial charge in [-0.1, -0.05) is 11.3 Å². The monoisotopic (exact) mass is 276 g/mol. The highest BCUT2D eigenvalue weighted by molar-refractivity contribution is 7.22. The van der Waals surface area contributed by atoms with E-state index in [9.17, 15) is 4.79 Å². The fourth-order valence-electron chi connectivity index (χ4n) is 2.20. The molecule has 1 aliphatic heterocycles. The third kappa shape index (κ3) is 2.41. The van der Waals surface area contributed by atoms with Crippen LogP contribution in [0, 0.1) is 0 Å². The van der Waals surface area contributed by atoms with Gasteiger partial charge in [-0.05, 0) is 25.2 Å². The summed E-state index contributed by atoms with van der Waals surface area (Å²) in [5, 5.41) is 1.03. The smallest absolute Gasteiger partial charge is 0.248 e. The number of hydrogen-bond acceptors (Lipinski definition) is 5. The van der Waals surface area contributed by atoms with E-state index in [1.165, 1.54) is 0 Å². The Hall–Kier alpha value is -1.66. The van der Waals surface area contributed by atoms with Crippen molar-refractivity contribution in [2.75, 3.05) is 38.1 Å². The van der Waals surface area contributed by atoms with E-state index in [1.54, 1.807) is 23.5 Å². The molecule has 100 valence electrons. The number of carbonyl (C=O) groups is 1. The Labute approximate surface area is 115 Å². The first-order valence-electron chi connectivity index (χ1n) is 6.27. The molecule has 1 aliphatic rings. The van der Waals surface area contributed by atoms with Crippen LogP contribution < -0.4 is 10.6 Å². The topological polar surface area (TPSA) is 62.5 Å². The van der Waals surface area contributed by atoms with Gasteiger partial charge in [0, 0.05) is 31.7 Å². The molecule has 0 bridgehead atoms. The predicted molar refractivity (Wildman–Crippen MR) is 77.8 cm³/mol. The van der Waals surface area contributed by atoms with E-state index in [4.69, 9.17) is 5.73 Å². The van der Waals surface area contributed by atoms with Gasteiger partial charge in [0.05, 0.1) is 10.2 Å². The number of hydrogen-bond donors (Lipinski definition) is 1. The first-order valence-corrected chi connectivity index (χ1v) is 7.09. The average molecular weight is 276 g/mol. The normalized spacial score (nSPS) is 17.0. The van der Waals surface area contributed by atoms with Crippen molar-refractivity contribution in [3.8, 4) is 0 Å². The van der Waals surface area contributed by atoms with E-state index in [0.29, 0.717) is 5.56 Å². The van der Waals surface area contributed by atoms with E-state index in [-0.39, 0.29) is 0 Å². The molecule has 1 aromatic carbocycles. The van der Waals surface area contributed by atoms with Crippen molar-refractivity contribution in [1.29, 1.82) is 0 Å². The maximum Gasteiger partial charge on any atom is 0.248 e. The molecular formula is C13H16N4OS. The molecule has 2 N–H and O–H groups in total. The van der Waals surface area contributed by atoms with Gasteiger partial charge >= 0.3 is 0 Å². The summed E-state index contributed by atoms with van der Waals surface area (Å²) in [6, 6.07) is 5.46. The molecule has 2 aromatic rings. The number of primary amides is 1. The van der Waals surface area contributed by atoms with Crippen LogP contribution in [-0.2, 0) is 0 Å². The van der Waals surface area contributed by atoms with Gasteiger partial charge < -0.3 is 15.5 Å². The number of benzene rings is 1. The SMILES string of the molecule is CN1CCN(c2nc3cc(C(N)=O)ccc3s2)CC1. The number of piperazine rings is 1. The first kappa shape index (κ1) is 12.4. The van der Waals surface area contributed by atoms with Crippen molar-refractivity contribution in [2.24, 2.45) is 5.73 Å². The molecule has 5 nitrogen and oxygen atoms in total. The van der Waals surface area contributed by atoms with Gasteiger partial charge in [-0.2, -0.15) is 0 Å². The molecule has 19 heavy (non-hydrogen) atoms. The van der Waals surface area contributed by atoms with Crippen LogP contribution in [0.1, 0.15) is 10.4 Å². The van der Waals surface area contributed by atoms with Crippen molar-refractivity contribution in [2.45, 2.75) is 0 Å². The van der Waals surface area contributed by atoms with E-state index in [0.717, 1.165) is 41.5 Å². The van der Waals surface area contributed by atoms with Crippen LogP contribution in [-0.4, -0.2) is 49.0 Å². The molecule has 1 saturated heterocycles. The number of nitrogens with two attached hydrogens (primary N) is 1. The lowest BCUT2D eigenvalue weighted by Gasteiger charge is -2.32. The predicted octanol–water partition coefficient (Wildman–Crippen LogP) is 1.15. The highest BCUT2D eigenvalue weighted by atomic mass is 32.1. The van der Waals surface area contributed by atoms with Gasteiger partial charge in [-0.3, -0.25) is 4.79 Å². The molecule has 3 rings (SSSR count). The minimum Gasteiger partial charge on any atom is -0.366 e. The first-order chi connectivity index (χ1) is 9.13. The summed E-state index contributed by atoms with van der Waals surface area (Å²) in [5.41, 5.74) is 6.66. The van der Waals surface area contributed by atoms with Crippen LogP contribution in [0.5, 0.6) is 0 Å². The lowest BCUT2D eigenvalue weighted by molar-refractivity contribution is 0.100. The molecule has 0 unspecified atom stereocenters. The largest absolute Gasteiger partial charge is 0.366 e. The minimum absolute atomic E-state index is 0.406. The van der Waals surface area contributed by atoms with Crippen LogP contribution in [0.4, 0.5) is 5.13 Å². The maximum atomic E-state index is 11.2. The zero-order valence-corrected chi connectivity index (χ0v) is 11.6. The molecular weight excluding hydrogens is 260 g/mol. The number of aromatic nitrogens is 1. The average Bonchev–Trinajstić information content (AvgIpc) is 2.82. The van der Waals surface area contributed by atoms with Crippen molar-refractivity contribution in [3.05, 3.63) is 23.8 Å². The van der Waals surface area contributed by atoms with Crippen molar-refractivity contribution >= 4 is 32.6 Å². The number of carbonyl (C=O) groups excluding carboxylic acids is 1. The fraction of sp³-hybridized carbons (Fsp3) is 0.385. The summed E-state index contributed by atoms with van der Waals surface area (Å²) in [5.74, 6) is -0.406. The molecule has 1 amide bonds. The molecule has 2 heterocycles. The Morgan fingerprint density at radius 2 is 2.05 bits per heavy atom. The highest BCUT2D eigenvalue weighted by Gasteiger charge is 2.17. The summed E-state index contributed by atoms with van der Waals surface area (Å²) < 4.78 is 1.10. The van der Waals surface area contributed by atoms with Crippen LogP contribution in [0.3, 0.4) is 0 Å². The minimum atomic E-state index is -0.406. The molecule has 0 saturated carbocycles. The van der Waals surface area contributed by atoms with E-state index < -0.39 is 5.91 Å². The van der Waals surface area contributed by atoms with E-state index >= 15 is 0 Å². The number of amides is 1. The van der Waals surface area contributed by atoms with Crippen LogP contribution >= 0.6 is 11.3 Å². The Bertz CT molecular complexity index is 616. The van der Waals surface area contributed by atoms with E-state index in [2.05, 4.69) is 21.8 Å². The number of thiazole rings is 1. The van der Waals surface area contributed by atoms with Gasteiger partial charge in [0.2, 0.25) is 5.91 Å². The molecule has 0 spiro atoms. The fourth-order valence-corrected chi connectivity index (χ4v) is 3.20. The summed E-state index contributed by atoms with van der Waals surface area (Å²) in [6.07, 6.45) is 0. The number of anilines is 1. The summed E-state index contributed by atoms with van der Waals surface area (Å²) in [6.45, 7) is 4.11. The van der Waals surface area contributed by atoms with Crippen LogP contribution in [0.2, 0.25) is 0 Å². The third-order valence-corrected chi connectivity index (χ3v) is 4.53. The highest BCUT2D eigenvalue weighted by Crippen LogP contribution is 2.29. The van der Waals surface area contributed by atoms with Gasteiger partial charge in [-0.25, -0.2) is 4.98 Å². The zero-order valence-electron chi connectivity index (χ0n) is 10.8. The second-order valence-electron chi connectivity index (χ2n) is 4.83. The van der Waals surface area contributed by atoms with Crippen LogP contribution in [0.15, 0.2) is 18.2 Å². The van der Waals surface area contributed by atoms with Gasteiger partial charge in [-0.15, -0.1) is 0 Å². The van der Waals surface area contributed by atoms with Gasteiger partial charge in [0.25, 0.3) is 0 Å². The Kier molecular flexibility index (Phi) is 3.12. The third-order valence-electron chi connectivity index (χ3n) is 3.43. The summed E-state index contributed by atoms with van der Waals surface area (Å²) >= 11 is 1.67. The van der Waals surface area contributed by atoms with Gasteiger partial charge in [0.1, 0.15) is 0 Å². The second-order valence-corrected chi connectivity index (χ2v) is 5.84. The quantitative estimate of drug-likeness (QED) is 0.893. The maximum absolute atomic E-state index is 11.2. The lowest BCUT2D eigenvalue weighted by atomic mass is 10.2. The molecule has 6 heteroatoms. The molecule has 1 aromatic heterocycles. The van der Waals surface area contributed by atoms with Crippen molar-refractivity contribution < 1.29 is 4.79 Å². The summed E-state index contributed by atoms with van der Waals surface area (Å²) in [4.78, 5) is 20.4. The number of likely N-dealkylation sites (N-methyl/N-ethyl adjacent to an activating group) is 1. The van der Waals surface area contributed by atoms with Crippen molar-refractivity contribution in [3.63, 3.8) is 0 Å². The zero-order chi connectivity index (χ0) is 13.4. The van der Waals surface area contributed by atoms with E-state index in [1.807, 2.05) is 6.07 Å². The number of rotatable bonds is 2. The molecule has 0 aliphatic carbocycles. The second kappa shape index (κ2) is 4.79. The number of fused-ring (bicyclic) bond motifs is 1. The molecule has 0 radical (unpaired) electrons. The van der Waals surface area contributed by atoms with Crippen LogP contribution in [0.25, 0.3) is 10.2 Å². The standard InChI is InChI=1S/C13H16N4OS/c1-16-4-6-17(7-5-16)13-15-10-8-9(12(14)18)2-3-11(10)19-13/h2-3,8H,4-7H2,1H3,(H2,14,18). The Balaban J connectivity index is 1.91. The Morgan fingerprint density at radius 1 is 1.32 bits per heavy atom. The lowest BCUT2D eigenvalue weighted by Crippen LogP contribution is -2.44. The molecule has 1 fully saturated rings. The van der Waals surface area contributed by atoms with Gasteiger partial charge in [0.15, 0.2) is 5.13 Å². The molecule has 0 atom stereocenters.